The van der Waals surface area contributed by atoms with Crippen LogP contribution in [0.15, 0.2) is 84.9 Å². The van der Waals surface area contributed by atoms with Crippen LogP contribution >= 0.6 is 0 Å². The molecule has 3 rings (SSSR count). The summed E-state index contributed by atoms with van der Waals surface area (Å²) in [5.74, 6) is -0.0307. The minimum atomic E-state index is -0.0307. The van der Waals surface area contributed by atoms with Crippen molar-refractivity contribution in [1.82, 2.24) is 5.32 Å². The molecule has 0 aliphatic heterocycles. The van der Waals surface area contributed by atoms with Crippen LogP contribution in [0.5, 0.6) is 0 Å². The van der Waals surface area contributed by atoms with E-state index in [1.807, 2.05) is 72.8 Å². The second-order valence-corrected chi connectivity index (χ2v) is 4.30. The molecule has 2 nitrogen and oxygen atoms in total. The molecule has 0 bridgehead atoms. The van der Waals surface area contributed by atoms with Crippen molar-refractivity contribution in [3.05, 3.63) is 96.1 Å². The molecule has 21 heavy (non-hydrogen) atoms. The number of carbonyl (C=O) groups is 1. The Morgan fingerprint density at radius 3 is 1.95 bits per heavy atom. The first-order valence-corrected chi connectivity index (χ1v) is 6.57. The van der Waals surface area contributed by atoms with Crippen molar-refractivity contribution >= 4 is 5.91 Å². The molecular formula is C18H17FeNO-6. The largest absolute Gasteiger partial charge is 0.748 e. The summed E-state index contributed by atoms with van der Waals surface area (Å²) < 4.78 is 0. The van der Waals surface area contributed by atoms with Crippen LogP contribution in [-0.2, 0) is 23.6 Å². The van der Waals surface area contributed by atoms with Crippen molar-refractivity contribution in [2.45, 2.75) is 6.54 Å². The maximum absolute atomic E-state index is 11.6. The van der Waals surface area contributed by atoms with E-state index >= 15 is 0 Å². The van der Waals surface area contributed by atoms with Crippen LogP contribution in [-0.4, -0.2) is 5.91 Å². The normalized spacial score (nSPS) is 8.95. The van der Waals surface area contributed by atoms with E-state index in [9.17, 15) is 4.79 Å². The molecule has 0 aliphatic carbocycles. The number of carbonyl (C=O) groups excluding carboxylic acids is 1. The summed E-state index contributed by atoms with van der Waals surface area (Å²) in [5, 5.41) is 2.86. The average molecular weight is 319 g/mol. The van der Waals surface area contributed by atoms with Crippen LogP contribution in [0.25, 0.3) is 0 Å². The molecule has 0 fully saturated rings. The van der Waals surface area contributed by atoms with Gasteiger partial charge in [-0.05, 0) is 18.7 Å². The smallest absolute Gasteiger partial charge is 0.250 e. The Bertz CT molecular complexity index is 568. The summed E-state index contributed by atoms with van der Waals surface area (Å²) in [6.07, 6.45) is 0. The molecular weight excluding hydrogens is 302 g/mol. The summed E-state index contributed by atoms with van der Waals surface area (Å²) in [6, 6.07) is 27.1. The SMILES string of the molecule is O=C(NC[c-]1cccc1)c1ccccc1.[Fe].[cH-]1[cH-][cH-][cH-][cH-]1. The molecule has 0 atom stereocenters. The van der Waals surface area contributed by atoms with E-state index in [0.29, 0.717) is 12.1 Å². The van der Waals surface area contributed by atoms with Gasteiger partial charge in [-0.1, -0.05) is 18.2 Å². The third-order valence-corrected chi connectivity index (χ3v) is 2.78. The predicted octanol–water partition coefficient (Wildman–Crippen LogP) is 3.74. The minimum Gasteiger partial charge on any atom is -0.748 e. The van der Waals surface area contributed by atoms with E-state index in [1.54, 1.807) is 12.1 Å². The Balaban J connectivity index is 0.000000313. The van der Waals surface area contributed by atoms with Crippen LogP contribution in [0.2, 0.25) is 0 Å². The molecule has 3 heteroatoms. The number of benzene rings is 1. The van der Waals surface area contributed by atoms with E-state index in [2.05, 4.69) is 5.32 Å². The Labute approximate surface area is 136 Å². The van der Waals surface area contributed by atoms with Crippen molar-refractivity contribution < 1.29 is 21.9 Å². The molecule has 0 aliphatic rings. The molecule has 0 saturated heterocycles. The van der Waals surface area contributed by atoms with Gasteiger partial charge in [-0.2, -0.15) is 12.1 Å². The fraction of sp³-hybridized carbons (Fsp3) is 0.0556. The van der Waals surface area contributed by atoms with Crippen LogP contribution < -0.4 is 5.32 Å². The van der Waals surface area contributed by atoms with E-state index in [0.717, 1.165) is 5.56 Å². The van der Waals surface area contributed by atoms with E-state index < -0.39 is 0 Å². The molecule has 114 valence electrons. The maximum Gasteiger partial charge on any atom is 0.250 e. The Kier molecular flexibility index (Phi) is 7.88. The van der Waals surface area contributed by atoms with Gasteiger partial charge in [0, 0.05) is 22.6 Å². The Morgan fingerprint density at radius 2 is 1.43 bits per heavy atom. The quantitative estimate of drug-likeness (QED) is 0.578. The number of amides is 1. The zero-order valence-electron chi connectivity index (χ0n) is 11.6. The van der Waals surface area contributed by atoms with Gasteiger partial charge < -0.3 is 35.6 Å². The molecule has 0 radical (unpaired) electrons. The van der Waals surface area contributed by atoms with Gasteiger partial charge in [0.25, 0.3) is 5.91 Å². The fourth-order valence-electron chi connectivity index (χ4n) is 1.73. The van der Waals surface area contributed by atoms with Gasteiger partial charge in [0.1, 0.15) is 0 Å². The Morgan fingerprint density at radius 1 is 0.905 bits per heavy atom. The Hall–Kier alpha value is -2.09. The molecule has 0 saturated carbocycles. The number of nitrogens with one attached hydrogen (secondary N) is 1. The van der Waals surface area contributed by atoms with Gasteiger partial charge in [-0.25, -0.2) is 12.1 Å². The molecule has 1 N–H and O–H groups in total. The molecule has 0 heterocycles. The van der Waals surface area contributed by atoms with Crippen LogP contribution in [0.4, 0.5) is 0 Å². The molecule has 0 aromatic heterocycles. The standard InChI is InChI=1S/C13H12NO.C5H5.Fe/c15-13(12-8-2-1-3-9-12)14-10-11-6-4-5-7-11;1-2-4-5-3-1;/h1-9H,10H2,(H,14,15);1-5H;/q-1;-5;. The molecule has 3 aromatic carbocycles. The van der Waals surface area contributed by atoms with E-state index in [-0.39, 0.29) is 23.0 Å². The second kappa shape index (κ2) is 9.76. The van der Waals surface area contributed by atoms with Crippen molar-refractivity contribution in [3.63, 3.8) is 0 Å². The van der Waals surface area contributed by atoms with Crippen LogP contribution in [0.3, 0.4) is 0 Å². The molecule has 0 spiro atoms. The molecule has 1 amide bonds. The molecule has 3 aromatic rings. The van der Waals surface area contributed by atoms with Crippen molar-refractivity contribution in [3.8, 4) is 0 Å². The average Bonchev–Trinajstić information content (AvgIpc) is 3.21. The summed E-state index contributed by atoms with van der Waals surface area (Å²) >= 11 is 0. The second-order valence-electron chi connectivity index (χ2n) is 4.30. The topological polar surface area (TPSA) is 29.1 Å². The summed E-state index contributed by atoms with van der Waals surface area (Å²) in [7, 11) is 0. The first kappa shape index (κ1) is 17.0. The third-order valence-electron chi connectivity index (χ3n) is 2.78. The van der Waals surface area contributed by atoms with Gasteiger partial charge >= 0.3 is 0 Å². The summed E-state index contributed by atoms with van der Waals surface area (Å²) in [4.78, 5) is 11.6. The maximum atomic E-state index is 11.6. The van der Waals surface area contributed by atoms with Crippen molar-refractivity contribution in [2.24, 2.45) is 0 Å². The van der Waals surface area contributed by atoms with Gasteiger partial charge in [0.2, 0.25) is 0 Å². The van der Waals surface area contributed by atoms with Crippen LogP contribution in [0, 0.1) is 0 Å². The van der Waals surface area contributed by atoms with Gasteiger partial charge in [0.15, 0.2) is 0 Å². The summed E-state index contributed by atoms with van der Waals surface area (Å²) in [6.45, 7) is 0.584. The van der Waals surface area contributed by atoms with E-state index in [1.165, 1.54) is 0 Å². The van der Waals surface area contributed by atoms with Gasteiger partial charge in [-0.3, -0.25) is 4.79 Å². The first-order chi connectivity index (χ1) is 9.86. The fourth-order valence-corrected chi connectivity index (χ4v) is 1.73. The zero-order valence-corrected chi connectivity index (χ0v) is 12.7. The van der Waals surface area contributed by atoms with E-state index in [4.69, 9.17) is 0 Å². The molecule has 0 unspecified atom stereocenters. The predicted molar refractivity (Wildman–Crippen MR) is 81.7 cm³/mol. The minimum absolute atomic E-state index is 0. The van der Waals surface area contributed by atoms with Crippen molar-refractivity contribution in [1.29, 1.82) is 0 Å². The van der Waals surface area contributed by atoms with Gasteiger partial charge in [0.05, 0.1) is 0 Å². The zero-order chi connectivity index (χ0) is 14.0. The third kappa shape index (κ3) is 6.26. The monoisotopic (exact) mass is 319 g/mol. The number of hydrogen-bond acceptors (Lipinski definition) is 1. The summed E-state index contributed by atoms with van der Waals surface area (Å²) in [5.41, 5.74) is 1.82. The number of hydrogen-bond donors (Lipinski definition) is 1. The first-order valence-electron chi connectivity index (χ1n) is 6.57. The number of rotatable bonds is 3. The van der Waals surface area contributed by atoms with Gasteiger partial charge in [-0.15, -0.1) is 5.56 Å². The van der Waals surface area contributed by atoms with Crippen molar-refractivity contribution in [2.75, 3.05) is 0 Å². The van der Waals surface area contributed by atoms with Crippen LogP contribution in [0.1, 0.15) is 15.9 Å².